The zero-order valence-electron chi connectivity index (χ0n) is 52.2. The van der Waals surface area contributed by atoms with Gasteiger partial charge in [-0.1, -0.05) is 153 Å². The standard InChI is InChI=1S/C72H85BN2S/c1-42-19-21-44(22-20-42)46-36-50-53(70(13,14)30-27-67(50,7)8)39-57(46)75-58-40-54-52(69(11,12)29-31-71(54,15)16)38-56(58)73-62-59(33-43(2)34-60(62)75)74(45-23-24-48-49(35-45)66(5,6)26-25-65(48,3)4)63-47-37-51-55(41-61(47)76-64(63)73)72(17,18)32-28-68(51,9)10/h19-24,33-41H,25-32H2,1-18H3/i1D3. The van der Waals surface area contributed by atoms with Crippen molar-refractivity contribution in [3.63, 3.8) is 0 Å². The van der Waals surface area contributed by atoms with Crippen molar-refractivity contribution in [2.45, 2.75) is 219 Å². The molecule has 6 aliphatic rings. The van der Waals surface area contributed by atoms with Crippen molar-refractivity contribution >= 4 is 78.0 Å². The summed E-state index contributed by atoms with van der Waals surface area (Å²) in [6.45, 7) is 39.6. The molecule has 0 radical (unpaired) electrons. The van der Waals surface area contributed by atoms with E-state index in [1.807, 2.05) is 12.1 Å². The van der Waals surface area contributed by atoms with Crippen molar-refractivity contribution in [1.29, 1.82) is 0 Å². The van der Waals surface area contributed by atoms with Gasteiger partial charge in [-0.15, -0.1) is 11.3 Å². The molecule has 3 heterocycles. The number of nitrogens with zero attached hydrogens (tertiary/aromatic N) is 2. The van der Waals surface area contributed by atoms with Crippen molar-refractivity contribution in [3.05, 3.63) is 147 Å². The molecule has 4 aliphatic carbocycles. The molecule has 0 atom stereocenters. The highest BCUT2D eigenvalue weighted by Gasteiger charge is 2.50. The van der Waals surface area contributed by atoms with E-state index < -0.39 is 6.85 Å². The number of fused-ring (bicyclic) bond motifs is 10. The molecule has 0 unspecified atom stereocenters. The molecule has 0 saturated heterocycles. The van der Waals surface area contributed by atoms with Crippen LogP contribution in [0.15, 0.2) is 91.0 Å². The van der Waals surface area contributed by atoms with Crippen molar-refractivity contribution in [1.82, 2.24) is 0 Å². The van der Waals surface area contributed by atoms with Gasteiger partial charge in [0, 0.05) is 47.3 Å². The summed E-state index contributed by atoms with van der Waals surface area (Å²) in [4.78, 5) is 5.45. The molecule has 0 N–H and O–H groups in total. The third-order valence-electron chi connectivity index (χ3n) is 21.3. The van der Waals surface area contributed by atoms with E-state index in [-0.39, 0.29) is 50.0 Å². The lowest BCUT2D eigenvalue weighted by atomic mass is 9.35. The number of hydrogen-bond donors (Lipinski definition) is 0. The molecule has 4 heteroatoms. The lowest BCUT2D eigenvalue weighted by Crippen LogP contribution is -2.61. The third kappa shape index (κ3) is 7.22. The molecule has 2 nitrogen and oxygen atoms in total. The molecule has 76 heavy (non-hydrogen) atoms. The number of anilines is 6. The minimum absolute atomic E-state index is 0.0121. The molecule has 0 saturated carbocycles. The first-order chi connectivity index (χ1) is 36.6. The van der Waals surface area contributed by atoms with Crippen LogP contribution in [0.5, 0.6) is 0 Å². The Balaban J connectivity index is 1.18. The van der Waals surface area contributed by atoms with Crippen LogP contribution < -0.4 is 25.5 Å². The lowest BCUT2D eigenvalue weighted by Gasteiger charge is -2.48. The zero-order chi connectivity index (χ0) is 56.5. The topological polar surface area (TPSA) is 6.48 Å². The van der Waals surface area contributed by atoms with Crippen LogP contribution in [0.4, 0.5) is 34.1 Å². The Labute approximate surface area is 466 Å². The summed E-state index contributed by atoms with van der Waals surface area (Å²) in [5, 5.41) is 1.38. The lowest BCUT2D eigenvalue weighted by molar-refractivity contribution is 0.332. The van der Waals surface area contributed by atoms with Gasteiger partial charge >= 0.3 is 0 Å². The SMILES string of the molecule is [2H]C([2H])([2H])c1ccc(-c2cc3c(cc2N2c4cc5c(cc4B4c6sc7cc8c(cc7c6N(c6ccc7c(c6)C(C)(C)CCC7(C)C)c6cc(C)cc2c64)C(C)(C)CCC8(C)C)C(C)(C)CCC5(C)C)C(C)(C)CCC3(C)C)cc1. The second-order valence-electron chi connectivity index (χ2n) is 30.3. The summed E-state index contributed by atoms with van der Waals surface area (Å²) in [7, 11) is 0. The van der Waals surface area contributed by atoms with Gasteiger partial charge in [0.2, 0.25) is 0 Å². The number of benzene rings is 6. The van der Waals surface area contributed by atoms with Gasteiger partial charge < -0.3 is 9.80 Å². The minimum atomic E-state index is -2.20. The van der Waals surface area contributed by atoms with E-state index in [1.165, 1.54) is 124 Å². The Kier molecular flexibility index (Phi) is 9.78. The van der Waals surface area contributed by atoms with E-state index in [9.17, 15) is 0 Å². The van der Waals surface area contributed by atoms with Crippen LogP contribution in [0.1, 0.15) is 222 Å². The van der Waals surface area contributed by atoms with Crippen LogP contribution in [-0.4, -0.2) is 6.71 Å². The summed E-state index contributed by atoms with van der Waals surface area (Å²) in [6.07, 6.45) is 9.14. The highest BCUT2D eigenvalue weighted by molar-refractivity contribution is 7.33. The normalized spacial score (nSPS) is 22.6. The van der Waals surface area contributed by atoms with E-state index in [0.29, 0.717) is 5.56 Å². The Bertz CT molecular complexity index is 3760. The fourth-order valence-corrected chi connectivity index (χ4v) is 17.0. The molecule has 0 amide bonds. The maximum atomic E-state index is 8.40. The molecule has 2 aliphatic heterocycles. The van der Waals surface area contributed by atoms with Crippen LogP contribution in [0, 0.1) is 13.8 Å². The molecule has 13 rings (SSSR count). The Hall–Kier alpha value is -5.06. The van der Waals surface area contributed by atoms with Crippen LogP contribution >= 0.6 is 11.3 Å². The first-order valence-corrected chi connectivity index (χ1v) is 29.9. The van der Waals surface area contributed by atoms with Crippen molar-refractivity contribution in [2.24, 2.45) is 0 Å². The molecular formula is C72H85BN2S. The Morgan fingerprint density at radius 2 is 0.868 bits per heavy atom. The van der Waals surface area contributed by atoms with Crippen LogP contribution in [0.3, 0.4) is 0 Å². The van der Waals surface area contributed by atoms with Gasteiger partial charge in [-0.25, -0.2) is 0 Å². The second kappa shape index (κ2) is 15.8. The third-order valence-corrected chi connectivity index (χ3v) is 22.5. The Morgan fingerprint density at radius 3 is 1.41 bits per heavy atom. The zero-order valence-corrected chi connectivity index (χ0v) is 50.0. The van der Waals surface area contributed by atoms with Gasteiger partial charge in [-0.2, -0.15) is 0 Å². The smallest absolute Gasteiger partial charge is 0.264 e. The molecule has 0 fully saturated rings. The van der Waals surface area contributed by atoms with Crippen molar-refractivity contribution in [2.75, 3.05) is 9.80 Å². The molecule has 1 aromatic heterocycles. The van der Waals surface area contributed by atoms with Crippen molar-refractivity contribution in [3.8, 4) is 11.1 Å². The second-order valence-corrected chi connectivity index (χ2v) is 31.4. The molecule has 0 spiro atoms. The summed E-state index contributed by atoms with van der Waals surface area (Å²) < 4.78 is 28.0. The van der Waals surface area contributed by atoms with E-state index in [2.05, 4.69) is 218 Å². The van der Waals surface area contributed by atoms with Crippen LogP contribution in [0.2, 0.25) is 0 Å². The molecule has 0 bridgehead atoms. The van der Waals surface area contributed by atoms with Gasteiger partial charge in [0.05, 0.1) is 11.4 Å². The van der Waals surface area contributed by atoms with Crippen LogP contribution in [0.25, 0.3) is 21.2 Å². The predicted molar refractivity (Wildman–Crippen MR) is 332 cm³/mol. The first kappa shape index (κ1) is 47.0. The van der Waals surface area contributed by atoms with E-state index in [1.54, 1.807) is 0 Å². The summed E-state index contributed by atoms with van der Waals surface area (Å²) in [5.41, 5.74) is 25.9. The maximum absolute atomic E-state index is 8.40. The number of hydrogen-bond acceptors (Lipinski definition) is 3. The molecular weight excluding hydrogens is 936 g/mol. The molecule has 6 aromatic carbocycles. The fraction of sp³-hybridized carbons (Fsp3) is 0.472. The quantitative estimate of drug-likeness (QED) is 0.163. The van der Waals surface area contributed by atoms with Gasteiger partial charge in [-0.3, -0.25) is 0 Å². The van der Waals surface area contributed by atoms with Gasteiger partial charge in [0.25, 0.3) is 6.71 Å². The Morgan fingerprint density at radius 1 is 0.421 bits per heavy atom. The van der Waals surface area contributed by atoms with Gasteiger partial charge in [-0.05, 0) is 230 Å². The molecule has 392 valence electrons. The fourth-order valence-electron chi connectivity index (χ4n) is 15.6. The van der Waals surface area contributed by atoms with Gasteiger partial charge in [0.1, 0.15) is 0 Å². The monoisotopic (exact) mass is 1020 g/mol. The first-order valence-electron chi connectivity index (χ1n) is 30.6. The van der Waals surface area contributed by atoms with Crippen molar-refractivity contribution < 1.29 is 4.11 Å². The number of thiophene rings is 1. The maximum Gasteiger partial charge on any atom is 0.264 e. The largest absolute Gasteiger partial charge is 0.311 e. The predicted octanol–water partition coefficient (Wildman–Crippen LogP) is 18.7. The van der Waals surface area contributed by atoms with E-state index in [4.69, 9.17) is 4.11 Å². The average Bonchev–Trinajstić information content (AvgIpc) is 2.66. The average molecular weight is 1020 g/mol. The highest BCUT2D eigenvalue weighted by atomic mass is 32.1. The van der Waals surface area contributed by atoms with Crippen LogP contribution in [-0.2, 0) is 43.3 Å². The van der Waals surface area contributed by atoms with Gasteiger partial charge in [0.15, 0.2) is 0 Å². The minimum Gasteiger partial charge on any atom is -0.311 e. The summed E-state index contributed by atoms with van der Waals surface area (Å²) in [5.74, 6) is 0. The number of rotatable bonds is 3. The summed E-state index contributed by atoms with van der Waals surface area (Å²) >= 11 is 2.06. The highest BCUT2D eigenvalue weighted by Crippen LogP contribution is 2.58. The van der Waals surface area contributed by atoms with E-state index in [0.717, 1.165) is 48.9 Å². The summed E-state index contributed by atoms with van der Waals surface area (Å²) in [6, 6.07) is 36.2. The molecule has 7 aromatic rings. The number of aryl methyl sites for hydroxylation is 2. The van der Waals surface area contributed by atoms with E-state index >= 15 is 0 Å².